The van der Waals surface area contributed by atoms with Gasteiger partial charge in [0.2, 0.25) is 0 Å². The molecule has 1 aromatic carbocycles. The molecular formula is C14H11F3N2O3. The van der Waals surface area contributed by atoms with E-state index in [2.05, 4.69) is 5.32 Å². The summed E-state index contributed by atoms with van der Waals surface area (Å²) in [5, 5.41) is 4.26. The number of anilines is 1. The number of benzene rings is 1. The first-order valence-electron chi connectivity index (χ1n) is 6.15. The van der Waals surface area contributed by atoms with E-state index in [-0.39, 0.29) is 18.0 Å². The number of carbonyl (C=O) groups excluding carboxylic acids is 2. The number of hydrogen-bond acceptors (Lipinski definition) is 3. The average Bonchev–Trinajstić information content (AvgIpc) is 2.99. The summed E-state index contributed by atoms with van der Waals surface area (Å²) in [5.74, 6) is -2.50. The van der Waals surface area contributed by atoms with Gasteiger partial charge in [-0.3, -0.25) is 9.59 Å². The molecule has 0 atom stereocenters. The van der Waals surface area contributed by atoms with Crippen molar-refractivity contribution >= 4 is 17.5 Å². The van der Waals surface area contributed by atoms with Gasteiger partial charge in [0.25, 0.3) is 5.91 Å². The predicted molar refractivity (Wildman–Crippen MR) is 71.0 cm³/mol. The normalized spacial score (nSPS) is 11.0. The first-order valence-corrected chi connectivity index (χ1v) is 6.15. The van der Waals surface area contributed by atoms with Gasteiger partial charge in [-0.1, -0.05) is 18.2 Å². The van der Waals surface area contributed by atoms with Crippen molar-refractivity contribution < 1.29 is 27.2 Å². The van der Waals surface area contributed by atoms with Crippen LogP contribution in [0.15, 0.2) is 47.1 Å². The second-order valence-electron chi connectivity index (χ2n) is 4.27. The topological polar surface area (TPSA) is 71.3 Å². The fourth-order valence-corrected chi connectivity index (χ4v) is 1.66. The second-order valence-corrected chi connectivity index (χ2v) is 4.27. The number of carbonyl (C=O) groups is 2. The molecule has 2 N–H and O–H groups in total. The molecule has 2 aromatic rings. The van der Waals surface area contributed by atoms with Gasteiger partial charge in [0.05, 0.1) is 6.26 Å². The minimum absolute atomic E-state index is 0.0235. The highest BCUT2D eigenvalue weighted by Gasteiger charge is 2.38. The van der Waals surface area contributed by atoms with Crippen LogP contribution in [0.5, 0.6) is 0 Å². The summed E-state index contributed by atoms with van der Waals surface area (Å²) >= 11 is 0. The zero-order valence-electron chi connectivity index (χ0n) is 11.1. The summed E-state index contributed by atoms with van der Waals surface area (Å²) in [6, 6.07) is 8.85. The Bertz CT molecular complexity index is 666. The molecule has 0 spiro atoms. The maximum absolute atomic E-state index is 12.3. The lowest BCUT2D eigenvalue weighted by Gasteiger charge is -2.12. The van der Waals surface area contributed by atoms with Crippen LogP contribution in [-0.4, -0.2) is 18.0 Å². The lowest BCUT2D eigenvalue weighted by atomic mass is 10.1. The Morgan fingerprint density at radius 3 is 2.45 bits per heavy atom. The number of para-hydroxylation sites is 1. The molecule has 5 nitrogen and oxygen atoms in total. The Morgan fingerprint density at radius 2 is 1.82 bits per heavy atom. The highest BCUT2D eigenvalue weighted by Crippen LogP contribution is 2.21. The van der Waals surface area contributed by atoms with Gasteiger partial charge in [-0.2, -0.15) is 13.2 Å². The number of alkyl halides is 3. The third-order valence-corrected chi connectivity index (χ3v) is 2.71. The standard InChI is InChI=1S/C14H11F3N2O3/c15-14(16,17)13(21)19-10-5-2-1-4-9(10)8-18-12(20)11-6-3-7-22-11/h1-7H,8H2,(H,18,20)(H,19,21). The maximum atomic E-state index is 12.3. The van der Waals surface area contributed by atoms with E-state index in [0.29, 0.717) is 5.56 Å². The molecule has 1 aromatic heterocycles. The third kappa shape index (κ3) is 3.87. The zero-order chi connectivity index (χ0) is 16.2. The lowest BCUT2D eigenvalue weighted by molar-refractivity contribution is -0.167. The Kier molecular flexibility index (Phi) is 4.50. The fraction of sp³-hybridized carbons (Fsp3) is 0.143. The zero-order valence-corrected chi connectivity index (χ0v) is 11.1. The van der Waals surface area contributed by atoms with Crippen molar-refractivity contribution in [1.29, 1.82) is 0 Å². The van der Waals surface area contributed by atoms with Crippen molar-refractivity contribution in [1.82, 2.24) is 5.32 Å². The number of amides is 2. The third-order valence-electron chi connectivity index (χ3n) is 2.71. The van der Waals surface area contributed by atoms with Crippen LogP contribution in [0, 0.1) is 0 Å². The van der Waals surface area contributed by atoms with Gasteiger partial charge in [0, 0.05) is 12.2 Å². The molecule has 116 valence electrons. The quantitative estimate of drug-likeness (QED) is 0.912. The van der Waals surface area contributed by atoms with Crippen molar-refractivity contribution in [3.8, 4) is 0 Å². The number of nitrogens with one attached hydrogen (secondary N) is 2. The Labute approximate surface area is 123 Å². The van der Waals surface area contributed by atoms with Gasteiger partial charge in [0.15, 0.2) is 5.76 Å². The molecule has 0 radical (unpaired) electrons. The number of hydrogen-bond donors (Lipinski definition) is 2. The summed E-state index contributed by atoms with van der Waals surface area (Å²) in [7, 11) is 0. The number of furan rings is 1. The van der Waals surface area contributed by atoms with E-state index < -0.39 is 18.0 Å². The van der Waals surface area contributed by atoms with Crippen LogP contribution in [0.25, 0.3) is 0 Å². The SMILES string of the molecule is O=C(NCc1ccccc1NC(=O)C(F)(F)F)c1ccco1. The van der Waals surface area contributed by atoms with Crippen LogP contribution in [0.3, 0.4) is 0 Å². The minimum Gasteiger partial charge on any atom is -0.459 e. The maximum Gasteiger partial charge on any atom is 0.471 e. The first kappa shape index (κ1) is 15.6. The molecule has 8 heteroatoms. The fourth-order valence-electron chi connectivity index (χ4n) is 1.66. The van der Waals surface area contributed by atoms with E-state index in [4.69, 9.17) is 4.42 Å². The molecule has 22 heavy (non-hydrogen) atoms. The van der Waals surface area contributed by atoms with Crippen LogP contribution in [0.2, 0.25) is 0 Å². The molecule has 0 aliphatic heterocycles. The summed E-state index contributed by atoms with van der Waals surface area (Å²) in [4.78, 5) is 22.7. The van der Waals surface area contributed by atoms with Gasteiger partial charge in [-0.25, -0.2) is 0 Å². The summed E-state index contributed by atoms with van der Waals surface area (Å²) < 4.78 is 41.7. The van der Waals surface area contributed by atoms with E-state index >= 15 is 0 Å². The monoisotopic (exact) mass is 312 g/mol. The van der Waals surface area contributed by atoms with E-state index in [1.165, 1.54) is 36.6 Å². The lowest BCUT2D eigenvalue weighted by Crippen LogP contribution is -2.31. The van der Waals surface area contributed by atoms with Gasteiger partial charge in [-0.15, -0.1) is 0 Å². The Balaban J connectivity index is 2.05. The van der Waals surface area contributed by atoms with Crippen molar-refractivity contribution in [3.05, 3.63) is 54.0 Å². The van der Waals surface area contributed by atoms with Crippen molar-refractivity contribution in [2.45, 2.75) is 12.7 Å². The van der Waals surface area contributed by atoms with E-state index in [1.54, 1.807) is 11.4 Å². The molecule has 0 unspecified atom stereocenters. The number of rotatable bonds is 4. The smallest absolute Gasteiger partial charge is 0.459 e. The van der Waals surface area contributed by atoms with Crippen molar-refractivity contribution in [3.63, 3.8) is 0 Å². The van der Waals surface area contributed by atoms with E-state index in [1.807, 2.05) is 0 Å². The Hall–Kier alpha value is -2.77. The summed E-state index contributed by atoms with van der Waals surface area (Å²) in [6.45, 7) is -0.0617. The van der Waals surface area contributed by atoms with Crippen molar-refractivity contribution in [2.24, 2.45) is 0 Å². The molecule has 2 rings (SSSR count). The predicted octanol–water partition coefficient (Wildman–Crippen LogP) is 2.71. The summed E-state index contributed by atoms with van der Waals surface area (Å²) in [6.07, 6.45) is -3.66. The van der Waals surface area contributed by atoms with Crippen molar-refractivity contribution in [2.75, 3.05) is 5.32 Å². The Morgan fingerprint density at radius 1 is 1.09 bits per heavy atom. The minimum atomic E-state index is -4.98. The molecule has 0 saturated heterocycles. The second kappa shape index (κ2) is 6.33. The highest BCUT2D eigenvalue weighted by atomic mass is 19.4. The van der Waals surface area contributed by atoms with E-state index in [9.17, 15) is 22.8 Å². The van der Waals surface area contributed by atoms with Crippen LogP contribution >= 0.6 is 0 Å². The molecule has 2 amide bonds. The molecule has 0 bridgehead atoms. The molecule has 1 heterocycles. The molecule has 0 aliphatic carbocycles. The number of halogens is 3. The molecule has 0 aliphatic rings. The highest BCUT2D eigenvalue weighted by molar-refractivity contribution is 5.95. The summed E-state index contributed by atoms with van der Waals surface area (Å²) in [5.41, 5.74) is 0.310. The van der Waals surface area contributed by atoms with Gasteiger partial charge in [-0.05, 0) is 23.8 Å². The van der Waals surface area contributed by atoms with Crippen LogP contribution in [-0.2, 0) is 11.3 Å². The first-order chi connectivity index (χ1) is 10.4. The molecule has 0 saturated carbocycles. The van der Waals surface area contributed by atoms with E-state index in [0.717, 1.165) is 0 Å². The van der Waals surface area contributed by atoms with Crippen LogP contribution in [0.1, 0.15) is 16.1 Å². The average molecular weight is 312 g/mol. The molecule has 0 fully saturated rings. The molecular weight excluding hydrogens is 301 g/mol. The largest absolute Gasteiger partial charge is 0.471 e. The van der Waals surface area contributed by atoms with Gasteiger partial charge >= 0.3 is 12.1 Å². The van der Waals surface area contributed by atoms with Gasteiger partial charge < -0.3 is 15.1 Å². The van der Waals surface area contributed by atoms with Crippen LogP contribution < -0.4 is 10.6 Å². The van der Waals surface area contributed by atoms with Gasteiger partial charge in [0.1, 0.15) is 0 Å². The van der Waals surface area contributed by atoms with Crippen LogP contribution in [0.4, 0.5) is 18.9 Å².